The van der Waals surface area contributed by atoms with Gasteiger partial charge in [0.15, 0.2) is 0 Å². The maximum absolute atomic E-state index is 10.3. The molecule has 138 valence electrons. The van der Waals surface area contributed by atoms with Crippen molar-refractivity contribution in [2.24, 2.45) is 0 Å². The van der Waals surface area contributed by atoms with Gasteiger partial charge in [0.1, 0.15) is 0 Å². The predicted molar refractivity (Wildman–Crippen MR) is 103 cm³/mol. The fraction of sp³-hybridized carbons (Fsp3) is 0.857. The van der Waals surface area contributed by atoms with Gasteiger partial charge in [-0.2, -0.15) is 0 Å². The summed E-state index contributed by atoms with van der Waals surface area (Å²) in [4.78, 5) is 10.3. The van der Waals surface area contributed by atoms with Crippen molar-refractivity contribution < 1.29 is 9.90 Å². The summed E-state index contributed by atoms with van der Waals surface area (Å²) in [5.41, 5.74) is 0. The number of hydrogen-bond acceptors (Lipinski definition) is 1. The third kappa shape index (κ3) is 29.8. The molecule has 0 amide bonds. The molecule has 0 aromatic heterocycles. The lowest BCUT2D eigenvalue weighted by molar-refractivity contribution is -0.137. The van der Waals surface area contributed by atoms with Gasteiger partial charge in [-0.3, -0.25) is 4.79 Å². The zero-order valence-corrected chi connectivity index (χ0v) is 16.1. The van der Waals surface area contributed by atoms with E-state index in [2.05, 4.69) is 32.9 Å². The molecule has 0 unspecified atom stereocenters. The van der Waals surface area contributed by atoms with Crippen LogP contribution in [-0.4, -0.2) is 11.1 Å². The number of hydrogen-bond donors (Lipinski definition) is 1. The lowest BCUT2D eigenvalue weighted by Crippen LogP contribution is -1.93. The molecule has 0 bridgehead atoms. The molecule has 0 saturated heterocycles. The average Bonchev–Trinajstić information content (AvgIpc) is 2.51. The highest BCUT2D eigenvalue weighted by molar-refractivity contribution is 5.66. The van der Waals surface area contributed by atoms with Crippen molar-refractivity contribution in [1.82, 2.24) is 0 Å². The van der Waals surface area contributed by atoms with E-state index in [0.717, 1.165) is 12.8 Å². The van der Waals surface area contributed by atoms with E-state index in [1.807, 2.05) is 0 Å². The molecule has 0 saturated carbocycles. The second-order valence-electron chi connectivity index (χ2n) is 6.44. The van der Waals surface area contributed by atoms with E-state index in [0.29, 0.717) is 6.42 Å². The Morgan fingerprint density at radius 2 is 1.09 bits per heavy atom. The number of carboxylic acid groups (broad SMARTS) is 1. The molecular weight excluding hydrogens is 284 g/mol. The second kappa shape index (κ2) is 23.5. The smallest absolute Gasteiger partial charge is 0.303 e. The van der Waals surface area contributed by atoms with Crippen LogP contribution in [0.15, 0.2) is 12.2 Å². The van der Waals surface area contributed by atoms with Crippen molar-refractivity contribution in [1.29, 1.82) is 0 Å². The minimum Gasteiger partial charge on any atom is -0.481 e. The molecular formula is C21H42O2. The van der Waals surface area contributed by atoms with Crippen LogP contribution in [-0.2, 0) is 4.79 Å². The summed E-state index contributed by atoms with van der Waals surface area (Å²) < 4.78 is 0. The first-order valence-corrected chi connectivity index (χ1v) is 10.1. The van der Waals surface area contributed by atoms with Crippen molar-refractivity contribution in [3.63, 3.8) is 0 Å². The summed E-state index contributed by atoms with van der Waals surface area (Å²) in [7, 11) is 0. The van der Waals surface area contributed by atoms with Gasteiger partial charge in [0, 0.05) is 6.42 Å². The predicted octanol–water partition coefficient (Wildman–Crippen LogP) is 7.52. The number of unbranched alkanes of at least 4 members (excludes halogenated alkanes) is 11. The highest BCUT2D eigenvalue weighted by Gasteiger charge is 1.95. The molecule has 2 nitrogen and oxygen atoms in total. The summed E-state index contributed by atoms with van der Waals surface area (Å²) in [6.07, 6.45) is 22.5. The number of carboxylic acids is 1. The molecule has 2 heteroatoms. The molecule has 0 aliphatic rings. The van der Waals surface area contributed by atoms with Crippen LogP contribution in [0.25, 0.3) is 0 Å². The first-order chi connectivity index (χ1) is 11.2. The average molecular weight is 327 g/mol. The molecule has 0 radical (unpaired) electrons. The van der Waals surface area contributed by atoms with Gasteiger partial charge in [-0.05, 0) is 32.1 Å². The molecule has 0 spiro atoms. The van der Waals surface area contributed by atoms with E-state index in [1.54, 1.807) is 0 Å². The van der Waals surface area contributed by atoms with Crippen LogP contribution in [0.2, 0.25) is 0 Å². The summed E-state index contributed by atoms with van der Waals surface area (Å²) >= 11 is 0. The highest BCUT2D eigenvalue weighted by Crippen LogP contribution is 2.09. The first kappa shape index (κ1) is 24.5. The molecule has 0 aromatic rings. The summed E-state index contributed by atoms with van der Waals surface area (Å²) in [6.45, 7) is 6.51. The van der Waals surface area contributed by atoms with Crippen LogP contribution in [0, 0.1) is 0 Å². The number of allylic oxidation sites excluding steroid dienone is 2. The van der Waals surface area contributed by atoms with Crippen LogP contribution in [0.4, 0.5) is 0 Å². The van der Waals surface area contributed by atoms with Gasteiger partial charge in [-0.15, -0.1) is 0 Å². The Labute approximate surface area is 145 Å². The zero-order valence-electron chi connectivity index (χ0n) is 16.1. The van der Waals surface area contributed by atoms with Gasteiger partial charge in [0.2, 0.25) is 0 Å². The SMILES string of the molecule is CCC.CCCCCCCC/C=C\CCCCCCCC(=O)O. The Balaban J connectivity index is 0. The van der Waals surface area contributed by atoms with Crippen molar-refractivity contribution in [3.05, 3.63) is 12.2 Å². The lowest BCUT2D eigenvalue weighted by atomic mass is 10.1. The van der Waals surface area contributed by atoms with Crippen LogP contribution >= 0.6 is 0 Å². The molecule has 0 aliphatic carbocycles. The highest BCUT2D eigenvalue weighted by atomic mass is 16.4. The maximum atomic E-state index is 10.3. The first-order valence-electron chi connectivity index (χ1n) is 10.1. The van der Waals surface area contributed by atoms with Crippen LogP contribution in [0.1, 0.15) is 117 Å². The molecule has 0 atom stereocenters. The van der Waals surface area contributed by atoms with E-state index in [1.165, 1.54) is 77.0 Å². The Kier molecular flexibility index (Phi) is 25.0. The van der Waals surface area contributed by atoms with Crippen molar-refractivity contribution in [2.45, 2.75) is 117 Å². The van der Waals surface area contributed by atoms with E-state index < -0.39 is 5.97 Å². The minimum atomic E-state index is -0.664. The Bertz CT molecular complexity index is 246. The maximum Gasteiger partial charge on any atom is 0.303 e. The molecule has 0 fully saturated rings. The third-order valence-electron chi connectivity index (χ3n) is 3.65. The second-order valence-corrected chi connectivity index (χ2v) is 6.44. The van der Waals surface area contributed by atoms with Gasteiger partial charge in [-0.25, -0.2) is 0 Å². The fourth-order valence-corrected chi connectivity index (χ4v) is 2.35. The van der Waals surface area contributed by atoms with Gasteiger partial charge < -0.3 is 5.11 Å². The van der Waals surface area contributed by atoms with Gasteiger partial charge in [-0.1, -0.05) is 90.7 Å². The van der Waals surface area contributed by atoms with E-state index in [4.69, 9.17) is 5.11 Å². The molecule has 0 aromatic carbocycles. The number of rotatable bonds is 15. The van der Waals surface area contributed by atoms with Gasteiger partial charge in [0.25, 0.3) is 0 Å². The van der Waals surface area contributed by atoms with Crippen molar-refractivity contribution in [3.8, 4) is 0 Å². The summed E-state index contributed by atoms with van der Waals surface area (Å²) in [5.74, 6) is -0.664. The van der Waals surface area contributed by atoms with Crippen molar-refractivity contribution >= 4 is 5.97 Å². The Morgan fingerprint density at radius 3 is 1.52 bits per heavy atom. The molecule has 0 aliphatic heterocycles. The van der Waals surface area contributed by atoms with E-state index in [-0.39, 0.29) is 0 Å². The third-order valence-corrected chi connectivity index (χ3v) is 3.65. The largest absolute Gasteiger partial charge is 0.481 e. The van der Waals surface area contributed by atoms with Crippen LogP contribution < -0.4 is 0 Å². The summed E-state index contributed by atoms with van der Waals surface area (Å²) in [6, 6.07) is 0. The minimum absolute atomic E-state index is 0.332. The zero-order chi connectivity index (χ0) is 17.6. The van der Waals surface area contributed by atoms with E-state index >= 15 is 0 Å². The van der Waals surface area contributed by atoms with Crippen LogP contribution in [0.3, 0.4) is 0 Å². The van der Waals surface area contributed by atoms with Gasteiger partial charge >= 0.3 is 5.97 Å². The molecule has 0 rings (SSSR count). The monoisotopic (exact) mass is 326 g/mol. The topological polar surface area (TPSA) is 37.3 Å². The van der Waals surface area contributed by atoms with Crippen LogP contribution in [0.5, 0.6) is 0 Å². The number of aliphatic carboxylic acids is 1. The molecule has 0 heterocycles. The Hall–Kier alpha value is -0.790. The molecule has 23 heavy (non-hydrogen) atoms. The normalized spacial score (nSPS) is 10.6. The van der Waals surface area contributed by atoms with Gasteiger partial charge in [0.05, 0.1) is 0 Å². The molecule has 1 N–H and O–H groups in total. The lowest BCUT2D eigenvalue weighted by Gasteiger charge is -1.99. The summed E-state index contributed by atoms with van der Waals surface area (Å²) in [5, 5.41) is 8.51. The fourth-order valence-electron chi connectivity index (χ4n) is 2.35. The standard InChI is InChI=1S/C18H34O2.C3H8/c1-2-3-4-5-6-7-8-9-10-11-12-13-14-15-16-17-18(19)20;1-3-2/h9-10H,2-8,11-17H2,1H3,(H,19,20);3H2,1-2H3/b10-9-;. The van der Waals surface area contributed by atoms with Crippen molar-refractivity contribution in [2.75, 3.05) is 0 Å². The number of carbonyl (C=O) groups is 1. The quantitative estimate of drug-likeness (QED) is 0.249. The van der Waals surface area contributed by atoms with E-state index in [9.17, 15) is 4.79 Å². The Morgan fingerprint density at radius 1 is 0.696 bits per heavy atom.